The number of rotatable bonds is 36. The summed E-state index contributed by atoms with van der Waals surface area (Å²) in [6.45, 7) is 0.358. The average Bonchev–Trinajstić information content (AvgIpc) is 2.64. The van der Waals surface area contributed by atoms with E-state index in [-0.39, 0.29) is 139 Å². The van der Waals surface area contributed by atoms with E-state index in [1.165, 1.54) is 24.3 Å². The smallest absolute Gasteiger partial charge is 0.318 e. The molecule has 0 saturated carbocycles. The molecule has 0 spiro atoms. The lowest BCUT2D eigenvalue weighted by molar-refractivity contribution is -0.394. The quantitative estimate of drug-likeness (QED) is 0.0157. The zero-order valence-corrected chi connectivity index (χ0v) is 43.2. The Morgan fingerprint density at radius 1 is 0.366 bits per heavy atom. The standard InChI is InChI=1S/C50H50N6O26/c57-41(9-11-43(59)81-39-7-1-31(53(65)66)29-37(39)55(69)70)79-27-25-77-23-21-75-19-17-73-15-13-51-47(61)33-3-5-35-46-36(6-4-34(45(33)46)48(51)62)50(64)52(49(35)63)14-16-74-18-20-76-22-24-78-26-28-80-42(58)10-12-44(60)82-40-8-2-32(54(67)68)30-38(40)56(71)72/h1-8,29-30H,9-28H2. The van der Waals surface area contributed by atoms with E-state index in [2.05, 4.69) is 0 Å². The molecule has 82 heavy (non-hydrogen) atoms. The second-order valence-corrected chi connectivity index (χ2v) is 17.0. The van der Waals surface area contributed by atoms with Crippen molar-refractivity contribution in [3.05, 3.63) is 123 Å². The molecule has 2 aliphatic heterocycles. The van der Waals surface area contributed by atoms with Crippen LogP contribution in [0.25, 0.3) is 10.8 Å². The predicted octanol–water partition coefficient (Wildman–Crippen LogP) is 3.62. The summed E-state index contributed by atoms with van der Waals surface area (Å²) in [5.74, 6) is -7.12. The third kappa shape index (κ3) is 16.8. The molecule has 0 atom stereocenters. The van der Waals surface area contributed by atoms with Gasteiger partial charge in [-0.1, -0.05) is 0 Å². The Balaban J connectivity index is 0.786. The molecule has 0 fully saturated rings. The molecule has 4 aromatic rings. The Labute approximate surface area is 461 Å². The van der Waals surface area contributed by atoms with Crippen LogP contribution < -0.4 is 9.47 Å². The molecule has 0 N–H and O–H groups in total. The SMILES string of the molecule is O=C(CCC(=O)Oc1ccc([N+](=O)[O-])cc1[N+](=O)[O-])OCCOCCOCCOCCN1C(=O)c2ccc3c4c(ccc(c24)C1=O)C(=O)N(CCOCCOCCOCCOC(=O)CCC(=O)Oc1ccc([N+](=O)[O-])cc1[N+](=O)[O-])C3=O. The number of imide groups is 2. The van der Waals surface area contributed by atoms with Crippen LogP contribution in [-0.4, -0.2) is 183 Å². The summed E-state index contributed by atoms with van der Waals surface area (Å²) in [6.07, 6.45) is -1.79. The summed E-state index contributed by atoms with van der Waals surface area (Å²) in [5.41, 5.74) is -2.20. The number of nitrogens with zero attached hydrogens (tertiary/aromatic N) is 6. The van der Waals surface area contributed by atoms with Crippen molar-refractivity contribution in [2.75, 3.05) is 106 Å². The van der Waals surface area contributed by atoms with Gasteiger partial charge in [0.2, 0.25) is 11.5 Å². The number of nitro benzene ring substituents is 4. The zero-order chi connectivity index (χ0) is 59.3. The monoisotopic (exact) mass is 1150 g/mol. The normalized spacial score (nSPS) is 12.6. The molecule has 2 aliphatic rings. The van der Waals surface area contributed by atoms with Gasteiger partial charge in [0.25, 0.3) is 35.0 Å². The first-order chi connectivity index (χ1) is 39.4. The largest absolute Gasteiger partial charge is 0.463 e. The van der Waals surface area contributed by atoms with Crippen LogP contribution in [0.15, 0.2) is 60.7 Å². The molecule has 4 amide bonds. The van der Waals surface area contributed by atoms with Crippen LogP contribution in [0, 0.1) is 40.5 Å². The number of hydrogen-bond acceptors (Lipinski definition) is 26. The van der Waals surface area contributed by atoms with Gasteiger partial charge in [-0.15, -0.1) is 0 Å². The number of non-ortho nitro benzene ring substituents is 2. The molecule has 0 saturated heterocycles. The van der Waals surface area contributed by atoms with Gasteiger partial charge in [0, 0.05) is 45.2 Å². The van der Waals surface area contributed by atoms with Gasteiger partial charge in [-0.2, -0.15) is 0 Å². The van der Waals surface area contributed by atoms with Crippen molar-refractivity contribution in [3.8, 4) is 11.5 Å². The Morgan fingerprint density at radius 3 is 0.939 bits per heavy atom. The molecule has 32 nitrogen and oxygen atoms in total. The van der Waals surface area contributed by atoms with E-state index in [0.29, 0.717) is 12.1 Å². The van der Waals surface area contributed by atoms with Gasteiger partial charge in [-0.25, -0.2) is 0 Å². The fourth-order valence-corrected chi connectivity index (χ4v) is 7.80. The van der Waals surface area contributed by atoms with Crippen molar-refractivity contribution in [3.63, 3.8) is 0 Å². The minimum absolute atomic E-state index is 0.00546. The highest BCUT2D eigenvalue weighted by molar-refractivity contribution is 6.33. The summed E-state index contributed by atoms with van der Waals surface area (Å²) in [7, 11) is 0. The van der Waals surface area contributed by atoms with Crippen molar-refractivity contribution >= 4 is 81.0 Å². The summed E-state index contributed by atoms with van der Waals surface area (Å²) in [4.78, 5) is 145. The fraction of sp³-hybridized carbons (Fsp3) is 0.400. The predicted molar refractivity (Wildman–Crippen MR) is 271 cm³/mol. The highest BCUT2D eigenvalue weighted by atomic mass is 16.7. The summed E-state index contributed by atoms with van der Waals surface area (Å²) < 4.78 is 52.5. The molecule has 0 aliphatic carbocycles. The maximum Gasteiger partial charge on any atom is 0.318 e. The molecule has 0 bridgehead atoms. The molecule has 0 unspecified atom stereocenters. The number of carbonyl (C=O) groups excluding carboxylic acids is 8. The minimum Gasteiger partial charge on any atom is -0.463 e. The van der Waals surface area contributed by atoms with E-state index >= 15 is 0 Å². The molecule has 436 valence electrons. The van der Waals surface area contributed by atoms with E-state index in [4.69, 9.17) is 47.4 Å². The van der Waals surface area contributed by atoms with Gasteiger partial charge >= 0.3 is 35.3 Å². The van der Waals surface area contributed by atoms with Gasteiger partial charge in [0.15, 0.2) is 0 Å². The van der Waals surface area contributed by atoms with Gasteiger partial charge in [-0.05, 0) is 36.4 Å². The van der Waals surface area contributed by atoms with Gasteiger partial charge in [0.1, 0.15) is 13.2 Å². The first kappa shape index (κ1) is 61.9. The molecule has 0 radical (unpaired) electrons. The second kappa shape index (κ2) is 30.3. The van der Waals surface area contributed by atoms with Crippen molar-refractivity contribution in [1.82, 2.24) is 9.80 Å². The Kier molecular flexibility index (Phi) is 22.9. The van der Waals surface area contributed by atoms with Crippen LogP contribution in [0.3, 0.4) is 0 Å². The van der Waals surface area contributed by atoms with E-state index < -0.39 is 127 Å². The van der Waals surface area contributed by atoms with Crippen molar-refractivity contribution < 1.29 is 105 Å². The van der Waals surface area contributed by atoms with E-state index in [9.17, 15) is 78.8 Å². The lowest BCUT2D eigenvalue weighted by atomic mass is 9.86. The third-order valence-corrected chi connectivity index (χ3v) is 11.7. The van der Waals surface area contributed by atoms with Crippen LogP contribution in [0.5, 0.6) is 11.5 Å². The van der Waals surface area contributed by atoms with Gasteiger partial charge in [0.05, 0.1) is 150 Å². The van der Waals surface area contributed by atoms with Crippen LogP contribution in [0.1, 0.15) is 67.1 Å². The number of benzene rings is 4. The first-order valence-electron chi connectivity index (χ1n) is 24.7. The van der Waals surface area contributed by atoms with Crippen LogP contribution in [0.2, 0.25) is 0 Å². The average molecular weight is 1150 g/mol. The van der Waals surface area contributed by atoms with Crippen LogP contribution in [0.4, 0.5) is 22.7 Å². The summed E-state index contributed by atoms with van der Waals surface area (Å²) in [5, 5.41) is 44.6. The van der Waals surface area contributed by atoms with E-state index in [1.54, 1.807) is 0 Å². The molecule has 32 heteroatoms. The first-order valence-corrected chi connectivity index (χ1v) is 24.7. The molecular formula is C50H50N6O26. The maximum atomic E-state index is 13.6. The van der Waals surface area contributed by atoms with Crippen LogP contribution >= 0.6 is 0 Å². The lowest BCUT2D eigenvalue weighted by Gasteiger charge is -2.31. The number of esters is 4. The number of hydrogen-bond donors (Lipinski definition) is 0. The number of nitro groups is 4. The Hall–Kier alpha value is -9.34. The summed E-state index contributed by atoms with van der Waals surface area (Å²) in [6, 6.07) is 10.7. The molecule has 6 rings (SSSR count). The van der Waals surface area contributed by atoms with E-state index in [0.717, 1.165) is 34.1 Å². The Bertz CT molecular complexity index is 2860. The number of carbonyl (C=O) groups is 8. The van der Waals surface area contributed by atoms with Gasteiger partial charge in [-0.3, -0.25) is 88.6 Å². The highest BCUT2D eigenvalue weighted by Crippen LogP contribution is 2.38. The maximum absolute atomic E-state index is 13.6. The zero-order valence-electron chi connectivity index (χ0n) is 43.2. The molecule has 4 aromatic carbocycles. The topological polar surface area (TPSA) is 408 Å². The Morgan fingerprint density at radius 2 is 0.646 bits per heavy atom. The van der Waals surface area contributed by atoms with Crippen LogP contribution in [-0.2, 0) is 57.1 Å². The van der Waals surface area contributed by atoms with Crippen molar-refractivity contribution in [2.45, 2.75) is 25.7 Å². The summed E-state index contributed by atoms with van der Waals surface area (Å²) >= 11 is 0. The third-order valence-electron chi connectivity index (χ3n) is 11.7. The number of amides is 4. The molecule has 0 aromatic heterocycles. The minimum atomic E-state index is -0.998. The molecular weight excluding hydrogens is 1100 g/mol. The highest BCUT2D eigenvalue weighted by Gasteiger charge is 2.39. The second-order valence-electron chi connectivity index (χ2n) is 17.0. The lowest BCUT2D eigenvalue weighted by Crippen LogP contribution is -2.45. The fourth-order valence-electron chi connectivity index (χ4n) is 7.80. The van der Waals surface area contributed by atoms with Gasteiger partial charge < -0.3 is 47.4 Å². The van der Waals surface area contributed by atoms with Crippen molar-refractivity contribution in [2.24, 2.45) is 0 Å². The number of ether oxygens (including phenoxy) is 10. The molecule has 2 heterocycles. The van der Waals surface area contributed by atoms with Crippen molar-refractivity contribution in [1.29, 1.82) is 0 Å². The van der Waals surface area contributed by atoms with E-state index in [1.807, 2.05) is 0 Å².